The molecule has 0 unspecified atom stereocenters. The summed E-state index contributed by atoms with van der Waals surface area (Å²) in [6, 6.07) is 0.420. The minimum Gasteiger partial charge on any atom is -0.481 e. The van der Waals surface area contributed by atoms with Crippen LogP contribution in [0.2, 0.25) is 0 Å². The van der Waals surface area contributed by atoms with Gasteiger partial charge in [0, 0.05) is 31.5 Å². The average Bonchev–Trinajstić information content (AvgIpc) is 3.03. The van der Waals surface area contributed by atoms with E-state index in [0.29, 0.717) is 44.6 Å². The number of carboxylic acid groups (broad SMARTS) is 1. The van der Waals surface area contributed by atoms with Crippen LogP contribution in [0.5, 0.6) is 0 Å². The van der Waals surface area contributed by atoms with Gasteiger partial charge in [0.05, 0.1) is 12.0 Å². The molecule has 1 N–H and O–H groups in total. The molecule has 2 aliphatic rings. The summed E-state index contributed by atoms with van der Waals surface area (Å²) in [5, 5.41) is 13.5. The summed E-state index contributed by atoms with van der Waals surface area (Å²) in [5.41, 5.74) is -0.745. The van der Waals surface area contributed by atoms with Crippen molar-refractivity contribution in [3.8, 4) is 0 Å². The number of aromatic nitrogens is 2. The van der Waals surface area contributed by atoms with E-state index in [2.05, 4.69) is 10.1 Å². The molecular formula is C13H19N3O4. The third-order valence-electron chi connectivity index (χ3n) is 4.35. The fraction of sp³-hybridized carbons (Fsp3) is 0.769. The minimum absolute atomic E-state index is 0.0249. The predicted molar refractivity (Wildman–Crippen MR) is 69.6 cm³/mol. The lowest BCUT2D eigenvalue weighted by molar-refractivity contribution is -0.157. The highest BCUT2D eigenvalue weighted by Gasteiger charge is 2.54. The Bertz CT molecular complexity index is 515. The number of fused-ring (bicyclic) bond motifs is 1. The monoisotopic (exact) mass is 281 g/mol. The first-order valence-electron chi connectivity index (χ1n) is 6.92. The lowest BCUT2D eigenvalue weighted by atomic mass is 9.74. The van der Waals surface area contributed by atoms with Crippen LogP contribution in [0.25, 0.3) is 0 Å². The van der Waals surface area contributed by atoms with E-state index < -0.39 is 11.4 Å². The number of carbonyl (C=O) groups is 1. The molecule has 7 heteroatoms. The number of carboxylic acids is 1. The van der Waals surface area contributed by atoms with E-state index in [1.807, 2.05) is 18.7 Å². The highest BCUT2D eigenvalue weighted by atomic mass is 16.5. The molecule has 2 atom stereocenters. The summed E-state index contributed by atoms with van der Waals surface area (Å²) >= 11 is 0. The molecule has 0 radical (unpaired) electrons. The number of anilines is 1. The van der Waals surface area contributed by atoms with Crippen molar-refractivity contribution in [2.45, 2.75) is 26.2 Å². The van der Waals surface area contributed by atoms with E-state index in [9.17, 15) is 9.90 Å². The van der Waals surface area contributed by atoms with Crippen molar-refractivity contribution >= 4 is 12.0 Å². The summed E-state index contributed by atoms with van der Waals surface area (Å²) in [5.74, 6) is 0.0599. The topological polar surface area (TPSA) is 88.7 Å². The van der Waals surface area contributed by atoms with E-state index in [1.165, 1.54) is 0 Å². The van der Waals surface area contributed by atoms with Crippen molar-refractivity contribution in [3.63, 3.8) is 0 Å². The molecule has 2 aliphatic heterocycles. The molecule has 0 amide bonds. The second-order valence-corrected chi connectivity index (χ2v) is 5.95. The van der Waals surface area contributed by atoms with Gasteiger partial charge in [0.2, 0.25) is 0 Å². The Morgan fingerprint density at radius 1 is 1.55 bits per heavy atom. The molecule has 1 aromatic heterocycles. The number of hydrogen-bond donors (Lipinski definition) is 1. The fourth-order valence-electron chi connectivity index (χ4n) is 3.03. The Hall–Kier alpha value is -1.63. The van der Waals surface area contributed by atoms with Crippen molar-refractivity contribution in [2.24, 2.45) is 11.3 Å². The Morgan fingerprint density at radius 2 is 2.35 bits per heavy atom. The summed E-state index contributed by atoms with van der Waals surface area (Å²) in [4.78, 5) is 17.9. The van der Waals surface area contributed by atoms with Crippen LogP contribution in [0.1, 0.15) is 32.0 Å². The molecule has 3 heterocycles. The molecule has 20 heavy (non-hydrogen) atoms. The number of nitrogens with zero attached hydrogens (tertiary/aromatic N) is 3. The number of hydrogen-bond acceptors (Lipinski definition) is 6. The maximum Gasteiger partial charge on any atom is 0.324 e. The standard InChI is InChI=1S/C13H19N3O4/c1-8(2)10-14-12(20-15-10)16-5-9-6-19-4-3-13(9,7-16)11(17)18/h8-9H,3-7H2,1-2H3,(H,17,18)/t9-,13+/m1/s1. The van der Waals surface area contributed by atoms with Crippen LogP contribution in [0.3, 0.4) is 0 Å². The Labute approximate surface area is 116 Å². The number of ether oxygens (including phenoxy) is 1. The van der Waals surface area contributed by atoms with Gasteiger partial charge in [-0.05, 0) is 6.42 Å². The van der Waals surface area contributed by atoms with E-state index in [1.54, 1.807) is 0 Å². The summed E-state index contributed by atoms with van der Waals surface area (Å²) in [6.07, 6.45) is 0.536. The van der Waals surface area contributed by atoms with Crippen molar-refractivity contribution in [2.75, 3.05) is 31.2 Å². The summed E-state index contributed by atoms with van der Waals surface area (Å²) < 4.78 is 10.7. The van der Waals surface area contributed by atoms with Gasteiger partial charge >= 0.3 is 12.0 Å². The minimum atomic E-state index is -0.753. The van der Waals surface area contributed by atoms with Gasteiger partial charge in [0.1, 0.15) is 0 Å². The van der Waals surface area contributed by atoms with Gasteiger partial charge in [-0.2, -0.15) is 4.98 Å². The molecule has 1 aromatic rings. The van der Waals surface area contributed by atoms with Gasteiger partial charge in [0.25, 0.3) is 0 Å². The van der Waals surface area contributed by atoms with Crippen LogP contribution in [0.4, 0.5) is 6.01 Å². The number of aliphatic carboxylic acids is 1. The smallest absolute Gasteiger partial charge is 0.324 e. The first-order valence-corrected chi connectivity index (χ1v) is 6.92. The molecule has 0 aromatic carbocycles. The van der Waals surface area contributed by atoms with E-state index >= 15 is 0 Å². The third-order valence-corrected chi connectivity index (χ3v) is 4.35. The average molecular weight is 281 g/mol. The number of rotatable bonds is 3. The Kier molecular flexibility index (Phi) is 3.16. The second kappa shape index (κ2) is 4.73. The predicted octanol–water partition coefficient (Wildman–Crippen LogP) is 1.12. The van der Waals surface area contributed by atoms with Crippen molar-refractivity contribution in [1.82, 2.24) is 10.1 Å². The highest BCUT2D eigenvalue weighted by molar-refractivity contribution is 5.77. The maximum absolute atomic E-state index is 11.7. The Balaban J connectivity index is 1.84. The van der Waals surface area contributed by atoms with Crippen molar-refractivity contribution < 1.29 is 19.2 Å². The fourth-order valence-corrected chi connectivity index (χ4v) is 3.03. The van der Waals surface area contributed by atoms with E-state index in [-0.39, 0.29) is 11.8 Å². The van der Waals surface area contributed by atoms with Crippen LogP contribution in [0, 0.1) is 11.3 Å². The van der Waals surface area contributed by atoms with Crippen LogP contribution in [-0.4, -0.2) is 47.5 Å². The second-order valence-electron chi connectivity index (χ2n) is 5.95. The van der Waals surface area contributed by atoms with Crippen LogP contribution in [-0.2, 0) is 9.53 Å². The van der Waals surface area contributed by atoms with Crippen LogP contribution in [0.15, 0.2) is 4.52 Å². The molecular weight excluding hydrogens is 262 g/mol. The quantitative estimate of drug-likeness (QED) is 0.888. The summed E-state index contributed by atoms with van der Waals surface area (Å²) in [7, 11) is 0. The lowest BCUT2D eigenvalue weighted by Crippen LogP contribution is -2.44. The molecule has 7 nitrogen and oxygen atoms in total. The van der Waals surface area contributed by atoms with Gasteiger partial charge in [-0.25, -0.2) is 0 Å². The third kappa shape index (κ3) is 1.96. The van der Waals surface area contributed by atoms with Gasteiger partial charge in [-0.15, -0.1) is 0 Å². The van der Waals surface area contributed by atoms with Gasteiger partial charge in [-0.3, -0.25) is 4.79 Å². The molecule has 2 saturated heterocycles. The van der Waals surface area contributed by atoms with Gasteiger partial charge < -0.3 is 19.3 Å². The molecule has 0 spiro atoms. The molecule has 3 rings (SSSR count). The molecule has 0 saturated carbocycles. The molecule has 110 valence electrons. The first-order chi connectivity index (χ1) is 9.53. The van der Waals surface area contributed by atoms with E-state index in [4.69, 9.17) is 9.26 Å². The van der Waals surface area contributed by atoms with Crippen molar-refractivity contribution in [1.29, 1.82) is 0 Å². The SMILES string of the molecule is CC(C)c1noc(N2C[C@@H]3COCC[C@]3(C(=O)O)C2)n1. The molecule has 0 bridgehead atoms. The first kappa shape index (κ1) is 13.4. The molecule has 2 fully saturated rings. The zero-order valence-corrected chi connectivity index (χ0v) is 11.7. The highest BCUT2D eigenvalue weighted by Crippen LogP contribution is 2.43. The Morgan fingerprint density at radius 3 is 2.95 bits per heavy atom. The van der Waals surface area contributed by atoms with E-state index in [0.717, 1.165) is 0 Å². The largest absolute Gasteiger partial charge is 0.481 e. The molecule has 0 aliphatic carbocycles. The zero-order valence-electron chi connectivity index (χ0n) is 11.7. The zero-order chi connectivity index (χ0) is 14.3. The van der Waals surface area contributed by atoms with Crippen molar-refractivity contribution in [3.05, 3.63) is 5.82 Å². The van der Waals surface area contributed by atoms with Crippen LogP contribution < -0.4 is 4.90 Å². The summed E-state index contributed by atoms with van der Waals surface area (Å²) in [6.45, 7) is 5.96. The van der Waals surface area contributed by atoms with Gasteiger partial charge in [0.15, 0.2) is 5.82 Å². The normalized spacial score (nSPS) is 29.8. The lowest BCUT2D eigenvalue weighted by Gasteiger charge is -2.33. The maximum atomic E-state index is 11.7. The van der Waals surface area contributed by atoms with Gasteiger partial charge in [-0.1, -0.05) is 19.0 Å². The van der Waals surface area contributed by atoms with Crippen LogP contribution >= 0.6 is 0 Å².